The average Bonchev–Trinajstić information content (AvgIpc) is 3.58. The van der Waals surface area contributed by atoms with Gasteiger partial charge in [0.2, 0.25) is 5.91 Å². The monoisotopic (exact) mass is 436 g/mol. The summed E-state index contributed by atoms with van der Waals surface area (Å²) in [4.78, 5) is 36.2. The quantitative estimate of drug-likeness (QED) is 0.556. The van der Waals surface area contributed by atoms with E-state index in [-0.39, 0.29) is 30.8 Å². The zero-order valence-electron chi connectivity index (χ0n) is 18.0. The molecule has 2 aromatic carbocycles. The van der Waals surface area contributed by atoms with Gasteiger partial charge in [-0.2, -0.15) is 0 Å². The van der Waals surface area contributed by atoms with E-state index in [4.69, 9.17) is 9.84 Å². The number of fused-ring (bicyclic) bond motifs is 3. The van der Waals surface area contributed by atoms with Gasteiger partial charge in [0.05, 0.1) is 6.42 Å². The molecular formula is C25H28N2O5. The molecule has 32 heavy (non-hydrogen) atoms. The van der Waals surface area contributed by atoms with E-state index in [1.807, 2.05) is 36.4 Å². The summed E-state index contributed by atoms with van der Waals surface area (Å²) in [5.41, 5.74) is 4.53. The summed E-state index contributed by atoms with van der Waals surface area (Å²) >= 11 is 0. The van der Waals surface area contributed by atoms with Crippen molar-refractivity contribution in [2.24, 2.45) is 5.92 Å². The number of nitrogens with one attached hydrogen (secondary N) is 2. The minimum Gasteiger partial charge on any atom is -0.481 e. The van der Waals surface area contributed by atoms with Gasteiger partial charge in [-0.25, -0.2) is 4.79 Å². The maximum Gasteiger partial charge on any atom is 0.407 e. The Labute approximate surface area is 187 Å². The molecular weight excluding hydrogens is 408 g/mol. The van der Waals surface area contributed by atoms with Gasteiger partial charge in [-0.15, -0.1) is 0 Å². The van der Waals surface area contributed by atoms with Crippen LogP contribution in [0.25, 0.3) is 11.1 Å². The molecule has 168 valence electrons. The standard InChI is InChI=1S/C25H28N2O5/c1-2-21(24(30)26-22(13-23(28)29)15-11-12-15)27-25(31)32-14-20-18-9-5-3-7-16(18)17-8-4-6-10-19(17)20/h3-10,15,20-22H,2,11-14H2,1H3,(H,26,30)(H,27,31)(H,28,29)/t21-,22?/m0/s1. The van der Waals surface area contributed by atoms with Crippen LogP contribution in [0.2, 0.25) is 0 Å². The first-order valence-electron chi connectivity index (χ1n) is 11.1. The van der Waals surface area contributed by atoms with Crippen molar-refractivity contribution >= 4 is 18.0 Å². The molecule has 4 rings (SSSR count). The van der Waals surface area contributed by atoms with Crippen LogP contribution in [0.15, 0.2) is 48.5 Å². The molecule has 0 bridgehead atoms. The Bertz CT molecular complexity index is 971. The summed E-state index contributed by atoms with van der Waals surface area (Å²) in [6, 6.07) is 15.0. The molecule has 1 unspecified atom stereocenters. The van der Waals surface area contributed by atoms with Crippen LogP contribution in [-0.4, -0.2) is 41.8 Å². The summed E-state index contributed by atoms with van der Waals surface area (Å²) in [7, 11) is 0. The highest BCUT2D eigenvalue weighted by Crippen LogP contribution is 2.44. The summed E-state index contributed by atoms with van der Waals surface area (Å²) in [6.45, 7) is 1.96. The smallest absolute Gasteiger partial charge is 0.407 e. The Balaban J connectivity index is 1.36. The predicted molar refractivity (Wildman–Crippen MR) is 119 cm³/mol. The lowest BCUT2D eigenvalue weighted by atomic mass is 9.98. The van der Waals surface area contributed by atoms with E-state index in [1.54, 1.807) is 6.92 Å². The van der Waals surface area contributed by atoms with Crippen molar-refractivity contribution in [1.82, 2.24) is 10.6 Å². The van der Waals surface area contributed by atoms with Gasteiger partial charge in [0.1, 0.15) is 12.6 Å². The summed E-state index contributed by atoms with van der Waals surface area (Å²) < 4.78 is 5.53. The second-order valence-corrected chi connectivity index (χ2v) is 8.48. The Morgan fingerprint density at radius 2 is 1.59 bits per heavy atom. The molecule has 2 aliphatic rings. The minimum atomic E-state index is -0.945. The first-order valence-corrected chi connectivity index (χ1v) is 11.1. The van der Waals surface area contributed by atoms with Gasteiger partial charge in [0.15, 0.2) is 0 Å². The number of ether oxygens (including phenoxy) is 1. The van der Waals surface area contributed by atoms with Crippen LogP contribution in [0.1, 0.15) is 49.7 Å². The third-order valence-corrected chi connectivity index (χ3v) is 6.27. The lowest BCUT2D eigenvalue weighted by molar-refractivity contribution is -0.138. The van der Waals surface area contributed by atoms with Crippen molar-refractivity contribution in [3.05, 3.63) is 59.7 Å². The molecule has 2 amide bonds. The van der Waals surface area contributed by atoms with Gasteiger partial charge in [-0.05, 0) is 47.4 Å². The van der Waals surface area contributed by atoms with E-state index in [2.05, 4.69) is 22.8 Å². The molecule has 0 radical (unpaired) electrons. The molecule has 3 N–H and O–H groups in total. The molecule has 1 fully saturated rings. The van der Waals surface area contributed by atoms with Gasteiger partial charge in [-0.3, -0.25) is 9.59 Å². The molecule has 7 heteroatoms. The second kappa shape index (κ2) is 9.42. The molecule has 2 atom stereocenters. The molecule has 0 aromatic heterocycles. The Morgan fingerprint density at radius 1 is 1.00 bits per heavy atom. The zero-order valence-corrected chi connectivity index (χ0v) is 18.0. The third kappa shape index (κ3) is 4.77. The second-order valence-electron chi connectivity index (χ2n) is 8.48. The van der Waals surface area contributed by atoms with Gasteiger partial charge in [-0.1, -0.05) is 55.5 Å². The van der Waals surface area contributed by atoms with E-state index in [9.17, 15) is 14.4 Å². The van der Waals surface area contributed by atoms with Crippen molar-refractivity contribution in [1.29, 1.82) is 0 Å². The first kappa shape index (κ1) is 21.9. The molecule has 0 saturated heterocycles. The van der Waals surface area contributed by atoms with E-state index in [0.29, 0.717) is 6.42 Å². The van der Waals surface area contributed by atoms with E-state index < -0.39 is 24.1 Å². The number of alkyl carbamates (subject to hydrolysis) is 1. The first-order chi connectivity index (χ1) is 15.5. The van der Waals surface area contributed by atoms with Crippen LogP contribution in [0.5, 0.6) is 0 Å². The lowest BCUT2D eigenvalue weighted by Crippen LogP contribution is -2.50. The normalized spacial score (nSPS) is 16.4. The van der Waals surface area contributed by atoms with E-state index in [0.717, 1.165) is 35.1 Å². The van der Waals surface area contributed by atoms with Crippen LogP contribution in [0.4, 0.5) is 4.79 Å². The summed E-state index contributed by atoms with van der Waals surface area (Å²) in [5, 5.41) is 14.5. The van der Waals surface area contributed by atoms with Crippen molar-refractivity contribution in [3.63, 3.8) is 0 Å². The van der Waals surface area contributed by atoms with Gasteiger partial charge in [0, 0.05) is 12.0 Å². The fraction of sp³-hybridized carbons (Fsp3) is 0.400. The third-order valence-electron chi connectivity index (χ3n) is 6.27. The van der Waals surface area contributed by atoms with Crippen LogP contribution in [-0.2, 0) is 14.3 Å². The zero-order chi connectivity index (χ0) is 22.7. The van der Waals surface area contributed by atoms with Crippen LogP contribution in [0.3, 0.4) is 0 Å². The number of hydrogen-bond donors (Lipinski definition) is 3. The molecule has 0 aliphatic heterocycles. The largest absolute Gasteiger partial charge is 0.481 e. The Morgan fingerprint density at radius 3 is 2.12 bits per heavy atom. The molecule has 1 saturated carbocycles. The molecule has 7 nitrogen and oxygen atoms in total. The predicted octanol–water partition coefficient (Wildman–Crippen LogP) is 3.67. The highest BCUT2D eigenvalue weighted by molar-refractivity contribution is 5.86. The summed E-state index contributed by atoms with van der Waals surface area (Å²) in [6.07, 6.45) is 1.43. The molecule has 0 spiro atoms. The lowest BCUT2D eigenvalue weighted by Gasteiger charge is -2.22. The molecule has 2 aliphatic carbocycles. The van der Waals surface area contributed by atoms with Gasteiger partial charge in [0.25, 0.3) is 0 Å². The van der Waals surface area contributed by atoms with Crippen LogP contribution < -0.4 is 10.6 Å². The topological polar surface area (TPSA) is 105 Å². The molecule has 0 heterocycles. The fourth-order valence-corrected chi connectivity index (χ4v) is 4.44. The number of hydrogen-bond acceptors (Lipinski definition) is 4. The number of carboxylic acid groups (broad SMARTS) is 1. The Kier molecular flexibility index (Phi) is 6.44. The fourth-order valence-electron chi connectivity index (χ4n) is 4.44. The van der Waals surface area contributed by atoms with Crippen molar-refractivity contribution < 1.29 is 24.2 Å². The number of carbonyl (C=O) groups is 3. The van der Waals surface area contributed by atoms with Gasteiger partial charge >= 0.3 is 12.1 Å². The summed E-state index contributed by atoms with van der Waals surface area (Å²) in [5.74, 6) is -1.18. The van der Waals surface area contributed by atoms with E-state index in [1.165, 1.54) is 0 Å². The Hall–Kier alpha value is -3.35. The maximum absolute atomic E-state index is 12.6. The SMILES string of the molecule is CC[C@H](NC(=O)OCC1c2ccccc2-c2ccccc21)C(=O)NC(CC(=O)O)C1CC1. The number of benzene rings is 2. The van der Waals surface area contributed by atoms with Gasteiger partial charge < -0.3 is 20.5 Å². The maximum atomic E-state index is 12.6. The highest BCUT2D eigenvalue weighted by Gasteiger charge is 2.35. The number of amides is 2. The van der Waals surface area contributed by atoms with Crippen LogP contribution in [0, 0.1) is 5.92 Å². The number of rotatable bonds is 9. The molecule has 2 aromatic rings. The highest BCUT2D eigenvalue weighted by atomic mass is 16.5. The number of carboxylic acids is 1. The number of aliphatic carboxylic acids is 1. The van der Waals surface area contributed by atoms with E-state index >= 15 is 0 Å². The number of carbonyl (C=O) groups excluding carboxylic acids is 2. The van der Waals surface area contributed by atoms with Crippen LogP contribution >= 0.6 is 0 Å². The van der Waals surface area contributed by atoms with Crippen molar-refractivity contribution in [2.75, 3.05) is 6.61 Å². The van der Waals surface area contributed by atoms with Crippen molar-refractivity contribution in [3.8, 4) is 11.1 Å². The average molecular weight is 437 g/mol. The minimum absolute atomic E-state index is 0.0585. The van der Waals surface area contributed by atoms with Crippen molar-refractivity contribution in [2.45, 2.75) is 50.6 Å².